The number of carbonyl (C=O) groups excluding carboxylic acids is 1. The van der Waals surface area contributed by atoms with Crippen LogP contribution >= 0.6 is 0 Å². The highest BCUT2D eigenvalue weighted by atomic mass is 19.4. The Morgan fingerprint density at radius 2 is 1.90 bits per heavy atom. The lowest BCUT2D eigenvalue weighted by atomic mass is 10.2. The van der Waals surface area contributed by atoms with E-state index in [4.69, 9.17) is 0 Å². The quantitative estimate of drug-likeness (QED) is 0.758. The first-order chi connectivity index (χ1) is 9.40. The number of anilines is 1. The van der Waals surface area contributed by atoms with Gasteiger partial charge in [-0.2, -0.15) is 13.2 Å². The van der Waals surface area contributed by atoms with Crippen LogP contribution in [0.5, 0.6) is 0 Å². The van der Waals surface area contributed by atoms with Crippen molar-refractivity contribution in [3.63, 3.8) is 0 Å². The molecule has 0 bridgehead atoms. The molecule has 1 rings (SSSR count). The lowest BCUT2D eigenvalue weighted by Crippen LogP contribution is -2.20. The summed E-state index contributed by atoms with van der Waals surface area (Å²) >= 11 is 0. The van der Waals surface area contributed by atoms with Gasteiger partial charge in [0.2, 0.25) is 5.91 Å². The number of ether oxygens (including phenoxy) is 1. The molecule has 0 unspecified atom stereocenters. The molecule has 0 radical (unpaired) electrons. The van der Waals surface area contributed by atoms with E-state index in [9.17, 15) is 18.0 Å². The molecule has 1 aromatic carbocycles. The summed E-state index contributed by atoms with van der Waals surface area (Å²) in [5, 5.41) is 5.58. The summed E-state index contributed by atoms with van der Waals surface area (Å²) < 4.78 is 39.8. The minimum Gasteiger partial charge on any atom is -0.372 e. The molecular weight excluding hydrogens is 273 g/mol. The van der Waals surface area contributed by atoms with Crippen molar-refractivity contribution in [2.45, 2.75) is 19.1 Å². The van der Waals surface area contributed by atoms with Crippen molar-refractivity contribution in [1.82, 2.24) is 5.32 Å². The number of rotatable bonds is 7. The standard InChI is InChI=1S/C13H17F3N2O2/c1-17-8-10-2-4-11(5-3-10)18-12(19)6-7-20-9-13(14,15)16/h2-5,17H,6-9H2,1H3,(H,18,19). The van der Waals surface area contributed by atoms with Gasteiger partial charge in [-0.15, -0.1) is 0 Å². The van der Waals surface area contributed by atoms with E-state index >= 15 is 0 Å². The molecule has 0 saturated heterocycles. The van der Waals surface area contributed by atoms with Crippen LogP contribution in [-0.2, 0) is 16.1 Å². The Bertz CT molecular complexity index is 419. The van der Waals surface area contributed by atoms with Crippen molar-refractivity contribution in [2.75, 3.05) is 25.6 Å². The molecule has 0 aromatic heterocycles. The van der Waals surface area contributed by atoms with Crippen LogP contribution in [0.2, 0.25) is 0 Å². The maximum absolute atomic E-state index is 11.8. The Morgan fingerprint density at radius 1 is 1.25 bits per heavy atom. The van der Waals surface area contributed by atoms with Crippen LogP contribution in [0, 0.1) is 0 Å². The van der Waals surface area contributed by atoms with E-state index in [1.54, 1.807) is 12.1 Å². The van der Waals surface area contributed by atoms with Gasteiger partial charge in [0.15, 0.2) is 0 Å². The summed E-state index contributed by atoms with van der Waals surface area (Å²) in [5.74, 6) is -0.381. The Kier molecular flexibility index (Phi) is 6.47. The smallest absolute Gasteiger partial charge is 0.372 e. The number of benzene rings is 1. The molecule has 7 heteroatoms. The summed E-state index contributed by atoms with van der Waals surface area (Å²) in [6, 6.07) is 7.18. The summed E-state index contributed by atoms with van der Waals surface area (Å²) in [4.78, 5) is 11.5. The predicted molar refractivity (Wildman–Crippen MR) is 69.3 cm³/mol. The van der Waals surface area contributed by atoms with Crippen LogP contribution in [0.25, 0.3) is 0 Å². The van der Waals surface area contributed by atoms with Gasteiger partial charge in [-0.25, -0.2) is 0 Å². The van der Waals surface area contributed by atoms with Crippen molar-refractivity contribution in [2.24, 2.45) is 0 Å². The van der Waals surface area contributed by atoms with Crippen molar-refractivity contribution in [3.05, 3.63) is 29.8 Å². The van der Waals surface area contributed by atoms with Gasteiger partial charge in [-0.1, -0.05) is 12.1 Å². The monoisotopic (exact) mass is 290 g/mol. The van der Waals surface area contributed by atoms with Crippen LogP contribution < -0.4 is 10.6 Å². The van der Waals surface area contributed by atoms with Gasteiger partial charge in [-0.3, -0.25) is 4.79 Å². The molecule has 20 heavy (non-hydrogen) atoms. The number of carbonyl (C=O) groups is 1. The zero-order valence-corrected chi connectivity index (χ0v) is 11.1. The Morgan fingerprint density at radius 3 is 2.45 bits per heavy atom. The molecule has 0 aliphatic carbocycles. The SMILES string of the molecule is CNCc1ccc(NC(=O)CCOCC(F)(F)F)cc1. The molecule has 0 aliphatic rings. The first kappa shape index (κ1) is 16.5. The summed E-state index contributed by atoms with van der Waals surface area (Å²) in [6.07, 6.45) is -4.48. The fourth-order valence-corrected chi connectivity index (χ4v) is 1.49. The van der Waals surface area contributed by atoms with Crippen LogP contribution in [0.1, 0.15) is 12.0 Å². The average Bonchev–Trinajstić information content (AvgIpc) is 2.36. The summed E-state index contributed by atoms with van der Waals surface area (Å²) in [5.41, 5.74) is 1.67. The normalized spacial score (nSPS) is 11.4. The molecule has 0 spiro atoms. The van der Waals surface area contributed by atoms with E-state index < -0.39 is 12.8 Å². The van der Waals surface area contributed by atoms with Crippen LogP contribution in [-0.4, -0.2) is 32.3 Å². The van der Waals surface area contributed by atoms with Gasteiger partial charge in [0.25, 0.3) is 0 Å². The van der Waals surface area contributed by atoms with E-state index in [0.717, 1.165) is 12.1 Å². The number of amides is 1. The second-order valence-corrected chi connectivity index (χ2v) is 4.19. The molecule has 112 valence electrons. The zero-order valence-electron chi connectivity index (χ0n) is 11.1. The number of nitrogens with one attached hydrogen (secondary N) is 2. The highest BCUT2D eigenvalue weighted by molar-refractivity contribution is 5.90. The first-order valence-corrected chi connectivity index (χ1v) is 6.08. The molecule has 2 N–H and O–H groups in total. The topological polar surface area (TPSA) is 50.4 Å². The van der Waals surface area contributed by atoms with Gasteiger partial charge in [0.1, 0.15) is 6.61 Å². The first-order valence-electron chi connectivity index (χ1n) is 6.08. The van der Waals surface area contributed by atoms with Gasteiger partial charge in [-0.05, 0) is 24.7 Å². The van der Waals surface area contributed by atoms with Gasteiger partial charge >= 0.3 is 6.18 Å². The molecule has 0 atom stereocenters. The molecule has 0 heterocycles. The highest BCUT2D eigenvalue weighted by Crippen LogP contribution is 2.14. The molecule has 0 saturated carbocycles. The Hall–Kier alpha value is -1.60. The summed E-state index contributed by atoms with van der Waals surface area (Å²) in [7, 11) is 1.83. The fraction of sp³-hybridized carbons (Fsp3) is 0.462. The molecule has 0 aliphatic heterocycles. The van der Waals surface area contributed by atoms with Crippen molar-refractivity contribution < 1.29 is 22.7 Å². The van der Waals surface area contributed by atoms with Crippen molar-refractivity contribution in [3.8, 4) is 0 Å². The minimum atomic E-state index is -4.36. The lowest BCUT2D eigenvalue weighted by Gasteiger charge is -2.08. The molecule has 4 nitrogen and oxygen atoms in total. The van der Waals surface area contributed by atoms with Crippen LogP contribution in [0.3, 0.4) is 0 Å². The third-order valence-corrected chi connectivity index (χ3v) is 2.36. The second kappa shape index (κ2) is 7.86. The highest BCUT2D eigenvalue weighted by Gasteiger charge is 2.27. The van der Waals surface area contributed by atoms with Crippen LogP contribution in [0.15, 0.2) is 24.3 Å². The maximum Gasteiger partial charge on any atom is 0.411 e. The number of hydrogen-bond donors (Lipinski definition) is 2. The zero-order chi connectivity index (χ0) is 15.0. The number of halogens is 3. The van der Waals surface area contributed by atoms with Crippen molar-refractivity contribution >= 4 is 11.6 Å². The second-order valence-electron chi connectivity index (χ2n) is 4.19. The molecule has 0 fully saturated rings. The van der Waals surface area contributed by atoms with Crippen molar-refractivity contribution in [1.29, 1.82) is 0 Å². The predicted octanol–water partition coefficient (Wildman–Crippen LogP) is 2.31. The summed E-state index contributed by atoms with van der Waals surface area (Å²) in [6.45, 7) is -0.873. The Labute approximate surface area is 115 Å². The third kappa shape index (κ3) is 7.10. The lowest BCUT2D eigenvalue weighted by molar-refractivity contribution is -0.174. The minimum absolute atomic E-state index is 0.117. The number of hydrogen-bond acceptors (Lipinski definition) is 3. The largest absolute Gasteiger partial charge is 0.411 e. The van der Waals surface area contributed by atoms with Gasteiger partial charge < -0.3 is 15.4 Å². The average molecular weight is 290 g/mol. The third-order valence-electron chi connectivity index (χ3n) is 2.36. The molecule has 1 aromatic rings. The van der Waals surface area contributed by atoms with E-state index in [1.165, 1.54) is 0 Å². The number of alkyl halides is 3. The van der Waals surface area contributed by atoms with Gasteiger partial charge in [0, 0.05) is 12.2 Å². The van der Waals surface area contributed by atoms with Crippen LogP contribution in [0.4, 0.5) is 18.9 Å². The van der Waals surface area contributed by atoms with E-state index in [0.29, 0.717) is 5.69 Å². The fourth-order valence-electron chi connectivity index (χ4n) is 1.49. The molecule has 1 amide bonds. The van der Waals surface area contributed by atoms with E-state index in [1.807, 2.05) is 19.2 Å². The van der Waals surface area contributed by atoms with E-state index in [-0.39, 0.29) is 18.9 Å². The van der Waals surface area contributed by atoms with Gasteiger partial charge in [0.05, 0.1) is 13.0 Å². The van der Waals surface area contributed by atoms with E-state index in [2.05, 4.69) is 15.4 Å². The maximum atomic E-state index is 11.8. The molecular formula is C13H17F3N2O2. The Balaban J connectivity index is 2.28.